The van der Waals surface area contributed by atoms with Crippen LogP contribution in [-0.4, -0.2) is 35.6 Å². The van der Waals surface area contributed by atoms with Gasteiger partial charge in [-0.05, 0) is 23.4 Å². The van der Waals surface area contributed by atoms with Gasteiger partial charge in [0.25, 0.3) is 0 Å². The Labute approximate surface area is 128 Å². The molecular weight excluding hydrogens is 284 g/mol. The first-order chi connectivity index (χ1) is 10.5. The zero-order valence-electron chi connectivity index (χ0n) is 12.5. The second kappa shape index (κ2) is 6.95. The van der Waals surface area contributed by atoms with Crippen LogP contribution in [0.3, 0.4) is 0 Å². The van der Waals surface area contributed by atoms with Crippen molar-refractivity contribution >= 4 is 12.0 Å². The van der Waals surface area contributed by atoms with Gasteiger partial charge in [0, 0.05) is 4.91 Å². The van der Waals surface area contributed by atoms with Gasteiger partial charge in [-0.15, -0.1) is 0 Å². The van der Waals surface area contributed by atoms with Crippen molar-refractivity contribution in [2.24, 2.45) is 11.0 Å². The number of imide groups is 1. The molecule has 1 saturated heterocycles. The Hall–Kier alpha value is -2.53. The van der Waals surface area contributed by atoms with Crippen LogP contribution in [0.15, 0.2) is 35.4 Å². The molecule has 2 rings (SSSR count). The van der Waals surface area contributed by atoms with Gasteiger partial charge in [-0.2, -0.15) is 0 Å². The summed E-state index contributed by atoms with van der Waals surface area (Å²) in [5, 5.41) is 3.53. The van der Waals surface area contributed by atoms with E-state index in [1.54, 1.807) is 13.8 Å². The van der Waals surface area contributed by atoms with Gasteiger partial charge in [0.05, 0.1) is 6.04 Å². The van der Waals surface area contributed by atoms with Gasteiger partial charge in [0.2, 0.25) is 5.91 Å². The number of carbonyl (C=O) groups excluding carboxylic acids is 2. The summed E-state index contributed by atoms with van der Waals surface area (Å²) in [5.74, 6) is -0.703. The molecule has 0 saturated carbocycles. The highest BCUT2D eigenvalue weighted by Crippen LogP contribution is 2.21. The van der Waals surface area contributed by atoms with E-state index in [-0.39, 0.29) is 18.6 Å². The number of rotatable bonds is 5. The predicted octanol–water partition coefficient (Wildman–Crippen LogP) is 2.91. The van der Waals surface area contributed by atoms with E-state index < -0.39 is 18.0 Å². The van der Waals surface area contributed by atoms with E-state index in [0.717, 1.165) is 10.5 Å². The van der Waals surface area contributed by atoms with Crippen molar-refractivity contribution in [3.63, 3.8) is 0 Å². The molecule has 0 unspecified atom stereocenters. The van der Waals surface area contributed by atoms with Crippen molar-refractivity contribution < 1.29 is 14.3 Å². The van der Waals surface area contributed by atoms with Crippen LogP contribution in [0.2, 0.25) is 0 Å². The van der Waals surface area contributed by atoms with Crippen molar-refractivity contribution in [3.05, 3.63) is 46.3 Å². The summed E-state index contributed by atoms with van der Waals surface area (Å²) in [4.78, 5) is 28.2. The van der Waals surface area contributed by atoms with Gasteiger partial charge >= 0.3 is 6.09 Å². The molecule has 0 radical (unpaired) electrons. The Bertz CT molecular complexity index is 596. The number of amides is 2. The highest BCUT2D eigenvalue weighted by atomic mass is 16.6. The van der Waals surface area contributed by atoms with Crippen LogP contribution in [0.5, 0.6) is 0 Å². The van der Waals surface area contributed by atoms with E-state index >= 15 is 0 Å². The van der Waals surface area contributed by atoms with Gasteiger partial charge in [0.15, 0.2) is 0 Å². The highest BCUT2D eigenvalue weighted by molar-refractivity contribution is 5.96. The maximum atomic E-state index is 12.5. The SMILES string of the molecule is CC(C)[C@H](N=[N+]=[N-])C(=O)N1C(=O)OC[C@@H]1Cc1ccccc1. The lowest BCUT2D eigenvalue weighted by Crippen LogP contribution is -2.46. The Morgan fingerprint density at radius 1 is 1.45 bits per heavy atom. The molecule has 2 atom stereocenters. The lowest BCUT2D eigenvalue weighted by Gasteiger charge is -2.24. The van der Waals surface area contributed by atoms with Gasteiger partial charge in [-0.1, -0.05) is 49.3 Å². The number of cyclic esters (lactones) is 1. The molecule has 0 bridgehead atoms. The molecule has 2 amide bonds. The summed E-state index contributed by atoms with van der Waals surface area (Å²) in [6.45, 7) is 3.69. The number of ether oxygens (including phenoxy) is 1. The molecule has 116 valence electrons. The standard InChI is InChI=1S/C15H18N4O3/c1-10(2)13(17-18-16)14(20)19-12(9-22-15(19)21)8-11-6-4-3-5-7-11/h3-7,10,12-13H,8-9H2,1-2H3/t12-,13-/m0/s1. The minimum atomic E-state index is -0.908. The number of hydrogen-bond donors (Lipinski definition) is 0. The van der Waals surface area contributed by atoms with Crippen LogP contribution < -0.4 is 0 Å². The van der Waals surface area contributed by atoms with Gasteiger partial charge < -0.3 is 4.74 Å². The zero-order valence-corrected chi connectivity index (χ0v) is 12.5. The normalized spacial score (nSPS) is 18.8. The summed E-state index contributed by atoms with van der Waals surface area (Å²) in [6, 6.07) is 8.27. The Morgan fingerprint density at radius 2 is 2.14 bits per heavy atom. The number of carbonyl (C=O) groups is 2. The third-order valence-electron chi connectivity index (χ3n) is 3.57. The number of nitrogens with zero attached hydrogens (tertiary/aromatic N) is 4. The number of azide groups is 1. The fraction of sp³-hybridized carbons (Fsp3) is 0.467. The van der Waals surface area contributed by atoms with Crippen LogP contribution in [0.1, 0.15) is 19.4 Å². The number of benzene rings is 1. The minimum Gasteiger partial charge on any atom is -0.447 e. The van der Waals surface area contributed by atoms with Crippen molar-refractivity contribution in [2.75, 3.05) is 6.61 Å². The molecular formula is C15H18N4O3. The molecule has 0 aliphatic carbocycles. The largest absolute Gasteiger partial charge is 0.447 e. The molecule has 0 aromatic heterocycles. The minimum absolute atomic E-state index is 0.153. The lowest BCUT2D eigenvalue weighted by molar-refractivity contribution is -0.131. The molecule has 7 nitrogen and oxygen atoms in total. The van der Waals surface area contributed by atoms with E-state index in [9.17, 15) is 9.59 Å². The summed E-state index contributed by atoms with van der Waals surface area (Å²) < 4.78 is 5.01. The number of hydrogen-bond acceptors (Lipinski definition) is 4. The quantitative estimate of drug-likeness (QED) is 0.475. The molecule has 1 aliphatic heterocycles. The van der Waals surface area contributed by atoms with Crippen LogP contribution in [-0.2, 0) is 16.0 Å². The molecule has 1 aromatic rings. The lowest BCUT2D eigenvalue weighted by atomic mass is 10.0. The topological polar surface area (TPSA) is 95.4 Å². The van der Waals surface area contributed by atoms with Crippen LogP contribution >= 0.6 is 0 Å². The predicted molar refractivity (Wildman–Crippen MR) is 79.9 cm³/mol. The van der Waals surface area contributed by atoms with Crippen LogP contribution in [0.25, 0.3) is 10.4 Å². The summed E-state index contributed by atoms with van der Waals surface area (Å²) >= 11 is 0. The maximum absolute atomic E-state index is 12.5. The van der Waals surface area contributed by atoms with Crippen LogP contribution in [0, 0.1) is 5.92 Å². The van der Waals surface area contributed by atoms with E-state index in [1.165, 1.54) is 0 Å². The summed E-state index contributed by atoms with van der Waals surface area (Å²) in [7, 11) is 0. The van der Waals surface area contributed by atoms with E-state index in [2.05, 4.69) is 10.0 Å². The molecule has 22 heavy (non-hydrogen) atoms. The average molecular weight is 302 g/mol. The third-order valence-corrected chi connectivity index (χ3v) is 3.57. The van der Waals surface area contributed by atoms with E-state index in [4.69, 9.17) is 10.3 Å². The molecule has 1 heterocycles. The molecule has 0 N–H and O–H groups in total. The second-order valence-corrected chi connectivity index (χ2v) is 5.52. The molecule has 0 spiro atoms. The maximum Gasteiger partial charge on any atom is 0.416 e. The van der Waals surface area contributed by atoms with Gasteiger partial charge in [0.1, 0.15) is 12.6 Å². The van der Waals surface area contributed by atoms with Gasteiger partial charge in [-0.25, -0.2) is 9.69 Å². The van der Waals surface area contributed by atoms with Crippen molar-refractivity contribution in [2.45, 2.75) is 32.4 Å². The van der Waals surface area contributed by atoms with Crippen molar-refractivity contribution in [3.8, 4) is 0 Å². The average Bonchev–Trinajstić information content (AvgIpc) is 2.85. The van der Waals surface area contributed by atoms with E-state index in [1.807, 2.05) is 30.3 Å². The highest BCUT2D eigenvalue weighted by Gasteiger charge is 2.41. The van der Waals surface area contributed by atoms with E-state index in [0.29, 0.717) is 6.42 Å². The first-order valence-electron chi connectivity index (χ1n) is 7.12. The molecule has 1 aromatic carbocycles. The van der Waals surface area contributed by atoms with Crippen molar-refractivity contribution in [1.82, 2.24) is 4.90 Å². The Kier molecular flexibility index (Phi) is 5.01. The van der Waals surface area contributed by atoms with Gasteiger partial charge in [-0.3, -0.25) is 4.79 Å². The smallest absolute Gasteiger partial charge is 0.416 e. The molecule has 1 aliphatic rings. The second-order valence-electron chi connectivity index (χ2n) is 5.52. The molecule has 1 fully saturated rings. The fourth-order valence-corrected chi connectivity index (χ4v) is 2.43. The summed E-state index contributed by atoms with van der Waals surface area (Å²) in [6.07, 6.45) is -0.163. The molecule has 7 heteroatoms. The first kappa shape index (κ1) is 15.9. The Morgan fingerprint density at radius 3 is 2.73 bits per heavy atom. The Balaban J connectivity index is 2.20. The zero-order chi connectivity index (χ0) is 16.1. The fourth-order valence-electron chi connectivity index (χ4n) is 2.43. The monoisotopic (exact) mass is 302 g/mol. The van der Waals surface area contributed by atoms with Crippen molar-refractivity contribution in [1.29, 1.82) is 0 Å². The first-order valence-corrected chi connectivity index (χ1v) is 7.12. The third kappa shape index (κ3) is 3.38. The van der Waals surface area contributed by atoms with Crippen LogP contribution in [0.4, 0.5) is 4.79 Å². The summed E-state index contributed by atoms with van der Waals surface area (Å²) in [5.41, 5.74) is 9.62.